The molecule has 1 aromatic carbocycles. The monoisotopic (exact) mass is 394 g/mol. The molecule has 1 N–H and O–H groups in total. The van der Waals surface area contributed by atoms with Gasteiger partial charge in [0.05, 0.1) is 6.26 Å². The summed E-state index contributed by atoms with van der Waals surface area (Å²) in [6, 6.07) is 9.44. The number of nitrogens with one attached hydrogen (secondary N) is 1. The standard InChI is InChI=1S/C20H24Cl2N2O2/c21-18-6-1-7-19(22)17(18)14-24-11-8-15(9-12-24)20(25)23-10-2-4-16-5-3-13-26-16/h1,3,5-7,13,15H,2,4,8-12,14H2,(H,23,25). The van der Waals surface area contributed by atoms with Crippen molar-refractivity contribution in [3.05, 3.63) is 58.0 Å². The van der Waals surface area contributed by atoms with E-state index >= 15 is 0 Å². The molecule has 1 aliphatic heterocycles. The topological polar surface area (TPSA) is 45.5 Å². The molecule has 2 heterocycles. The molecule has 0 spiro atoms. The van der Waals surface area contributed by atoms with Crippen LogP contribution in [0.1, 0.15) is 30.6 Å². The molecule has 0 aliphatic carbocycles. The van der Waals surface area contributed by atoms with E-state index in [1.54, 1.807) is 6.26 Å². The highest BCUT2D eigenvalue weighted by Crippen LogP contribution is 2.27. The van der Waals surface area contributed by atoms with E-state index < -0.39 is 0 Å². The van der Waals surface area contributed by atoms with E-state index in [-0.39, 0.29) is 11.8 Å². The van der Waals surface area contributed by atoms with Gasteiger partial charge in [-0.2, -0.15) is 0 Å². The van der Waals surface area contributed by atoms with Gasteiger partial charge in [-0.25, -0.2) is 0 Å². The Kier molecular flexibility index (Phi) is 7.00. The summed E-state index contributed by atoms with van der Waals surface area (Å²) in [5.41, 5.74) is 0.969. The first-order valence-corrected chi connectivity index (χ1v) is 9.84. The van der Waals surface area contributed by atoms with Crippen LogP contribution in [0, 0.1) is 5.92 Å². The molecule has 1 aliphatic rings. The zero-order valence-corrected chi connectivity index (χ0v) is 16.2. The number of amides is 1. The van der Waals surface area contributed by atoms with Crippen LogP contribution in [0.3, 0.4) is 0 Å². The molecule has 1 amide bonds. The summed E-state index contributed by atoms with van der Waals surface area (Å²) in [6.07, 6.45) is 5.16. The van der Waals surface area contributed by atoms with Gasteiger partial charge in [-0.1, -0.05) is 29.3 Å². The molecular weight excluding hydrogens is 371 g/mol. The van der Waals surface area contributed by atoms with E-state index in [1.165, 1.54) is 0 Å². The van der Waals surface area contributed by atoms with Crippen molar-refractivity contribution in [1.29, 1.82) is 0 Å². The van der Waals surface area contributed by atoms with Crippen LogP contribution in [0.5, 0.6) is 0 Å². The predicted octanol–water partition coefficient (Wildman–Crippen LogP) is 4.55. The second kappa shape index (κ2) is 9.45. The molecule has 6 heteroatoms. The van der Waals surface area contributed by atoms with E-state index in [2.05, 4.69) is 10.2 Å². The molecule has 3 rings (SSSR count). The second-order valence-electron chi connectivity index (χ2n) is 6.72. The average Bonchev–Trinajstić information content (AvgIpc) is 3.16. The molecule has 1 saturated heterocycles. The van der Waals surface area contributed by atoms with Gasteiger partial charge in [0, 0.05) is 41.0 Å². The van der Waals surface area contributed by atoms with Gasteiger partial charge in [0.1, 0.15) is 5.76 Å². The molecule has 0 bridgehead atoms. The molecule has 2 aromatic rings. The van der Waals surface area contributed by atoms with Crippen LogP contribution < -0.4 is 5.32 Å². The maximum atomic E-state index is 12.3. The molecule has 1 aromatic heterocycles. The normalized spacial score (nSPS) is 15.9. The Balaban J connectivity index is 1.38. The smallest absolute Gasteiger partial charge is 0.223 e. The molecule has 140 valence electrons. The summed E-state index contributed by atoms with van der Waals surface area (Å²) in [7, 11) is 0. The highest BCUT2D eigenvalue weighted by atomic mass is 35.5. The van der Waals surface area contributed by atoms with Crippen LogP contribution in [0.2, 0.25) is 10.0 Å². The lowest BCUT2D eigenvalue weighted by atomic mass is 9.95. The quantitative estimate of drug-likeness (QED) is 0.700. The maximum Gasteiger partial charge on any atom is 0.223 e. The fourth-order valence-corrected chi connectivity index (χ4v) is 3.85. The lowest BCUT2D eigenvalue weighted by Gasteiger charge is -2.31. The van der Waals surface area contributed by atoms with Crippen molar-refractivity contribution < 1.29 is 9.21 Å². The third-order valence-electron chi connectivity index (χ3n) is 4.88. The number of likely N-dealkylation sites (tertiary alicyclic amines) is 1. The summed E-state index contributed by atoms with van der Waals surface area (Å²) in [6.45, 7) is 3.18. The van der Waals surface area contributed by atoms with E-state index in [0.29, 0.717) is 16.6 Å². The van der Waals surface area contributed by atoms with Crippen LogP contribution in [-0.2, 0) is 17.8 Å². The number of furan rings is 1. The Morgan fingerprint density at radius 1 is 1.15 bits per heavy atom. The zero-order valence-electron chi connectivity index (χ0n) is 14.7. The van der Waals surface area contributed by atoms with Gasteiger partial charge < -0.3 is 9.73 Å². The third-order valence-corrected chi connectivity index (χ3v) is 5.59. The summed E-state index contributed by atoms with van der Waals surface area (Å²) in [4.78, 5) is 14.7. The highest BCUT2D eigenvalue weighted by molar-refractivity contribution is 6.35. The molecule has 0 saturated carbocycles. The summed E-state index contributed by atoms with van der Waals surface area (Å²) in [5, 5.41) is 4.46. The molecule has 0 atom stereocenters. The SMILES string of the molecule is O=C(NCCCc1ccco1)C1CCN(Cc2c(Cl)cccc2Cl)CC1. The van der Waals surface area contributed by atoms with E-state index in [4.69, 9.17) is 27.6 Å². The Hall–Kier alpha value is -1.49. The molecule has 26 heavy (non-hydrogen) atoms. The summed E-state index contributed by atoms with van der Waals surface area (Å²) >= 11 is 12.5. The zero-order chi connectivity index (χ0) is 18.4. The lowest BCUT2D eigenvalue weighted by Crippen LogP contribution is -2.40. The predicted molar refractivity (Wildman–Crippen MR) is 105 cm³/mol. The first-order chi connectivity index (χ1) is 12.6. The van der Waals surface area contributed by atoms with Gasteiger partial charge in [-0.05, 0) is 56.6 Å². The summed E-state index contributed by atoms with van der Waals surface area (Å²) in [5.74, 6) is 1.22. The van der Waals surface area contributed by atoms with Crippen LogP contribution in [0.25, 0.3) is 0 Å². The van der Waals surface area contributed by atoms with Gasteiger partial charge in [0.2, 0.25) is 5.91 Å². The first-order valence-electron chi connectivity index (χ1n) is 9.09. The van der Waals surface area contributed by atoms with Crippen LogP contribution in [0.4, 0.5) is 0 Å². The minimum atomic E-state index is 0.0941. The number of aryl methyl sites for hydroxylation is 1. The molecular formula is C20H24Cl2N2O2. The molecule has 0 radical (unpaired) electrons. The fraction of sp³-hybridized carbons (Fsp3) is 0.450. The van der Waals surface area contributed by atoms with Gasteiger partial charge in [0.15, 0.2) is 0 Å². The molecule has 4 nitrogen and oxygen atoms in total. The van der Waals surface area contributed by atoms with Crippen LogP contribution >= 0.6 is 23.2 Å². The van der Waals surface area contributed by atoms with E-state index in [0.717, 1.165) is 56.6 Å². The maximum absolute atomic E-state index is 12.3. The highest BCUT2D eigenvalue weighted by Gasteiger charge is 2.25. The van der Waals surface area contributed by atoms with Crippen molar-refractivity contribution in [3.8, 4) is 0 Å². The number of benzene rings is 1. The minimum Gasteiger partial charge on any atom is -0.469 e. The second-order valence-corrected chi connectivity index (χ2v) is 7.54. The average molecular weight is 395 g/mol. The summed E-state index contributed by atoms with van der Waals surface area (Å²) < 4.78 is 5.30. The van der Waals surface area contributed by atoms with Crippen LogP contribution in [-0.4, -0.2) is 30.4 Å². The largest absolute Gasteiger partial charge is 0.469 e. The van der Waals surface area contributed by atoms with Crippen molar-refractivity contribution in [3.63, 3.8) is 0 Å². The Labute approximate surface area is 164 Å². The first kappa shape index (κ1) is 19.3. The van der Waals surface area contributed by atoms with Gasteiger partial charge >= 0.3 is 0 Å². The number of nitrogens with zero attached hydrogens (tertiary/aromatic N) is 1. The Morgan fingerprint density at radius 2 is 1.88 bits per heavy atom. The number of carbonyl (C=O) groups excluding carboxylic acids is 1. The van der Waals surface area contributed by atoms with Crippen molar-refractivity contribution >= 4 is 29.1 Å². The van der Waals surface area contributed by atoms with E-state index in [1.807, 2.05) is 30.3 Å². The Bertz CT molecular complexity index is 690. The lowest BCUT2D eigenvalue weighted by molar-refractivity contribution is -0.126. The van der Waals surface area contributed by atoms with Crippen molar-refractivity contribution in [2.75, 3.05) is 19.6 Å². The van der Waals surface area contributed by atoms with Crippen LogP contribution in [0.15, 0.2) is 41.0 Å². The number of piperidine rings is 1. The number of rotatable bonds is 7. The minimum absolute atomic E-state index is 0.0941. The third kappa shape index (κ3) is 5.26. The Morgan fingerprint density at radius 3 is 2.54 bits per heavy atom. The molecule has 0 unspecified atom stereocenters. The van der Waals surface area contributed by atoms with Gasteiger partial charge in [-0.3, -0.25) is 9.69 Å². The fourth-order valence-electron chi connectivity index (χ4n) is 3.33. The van der Waals surface area contributed by atoms with Crippen molar-refractivity contribution in [2.45, 2.75) is 32.2 Å². The number of hydrogen-bond donors (Lipinski definition) is 1. The number of carbonyl (C=O) groups is 1. The van der Waals surface area contributed by atoms with Crippen molar-refractivity contribution in [2.24, 2.45) is 5.92 Å². The van der Waals surface area contributed by atoms with E-state index in [9.17, 15) is 4.79 Å². The van der Waals surface area contributed by atoms with Crippen molar-refractivity contribution in [1.82, 2.24) is 10.2 Å². The number of hydrogen-bond acceptors (Lipinski definition) is 3. The van der Waals surface area contributed by atoms with Gasteiger partial charge in [0.25, 0.3) is 0 Å². The van der Waals surface area contributed by atoms with Gasteiger partial charge in [-0.15, -0.1) is 0 Å². The molecule has 1 fully saturated rings. The number of halogens is 2.